The molecule has 1 atom stereocenters. The Balaban J connectivity index is 1.65. The fourth-order valence-electron chi connectivity index (χ4n) is 3.83. The maximum absolute atomic E-state index is 14.9. The predicted molar refractivity (Wildman–Crippen MR) is 115 cm³/mol. The lowest BCUT2D eigenvalue weighted by atomic mass is 10.0. The molecule has 0 radical (unpaired) electrons. The molecule has 156 valence electrons. The van der Waals surface area contributed by atoms with Crippen LogP contribution in [-0.4, -0.2) is 31.8 Å². The van der Waals surface area contributed by atoms with Crippen molar-refractivity contribution in [3.8, 4) is 22.4 Å². The summed E-state index contributed by atoms with van der Waals surface area (Å²) in [5.74, 6) is -0.190. The number of aromatic nitrogens is 2. The molecule has 3 aromatic rings. The first kappa shape index (κ1) is 20.7. The van der Waals surface area contributed by atoms with Crippen molar-refractivity contribution in [2.24, 2.45) is 0 Å². The van der Waals surface area contributed by atoms with Gasteiger partial charge in [0.25, 0.3) is 0 Å². The van der Waals surface area contributed by atoms with Gasteiger partial charge < -0.3 is 15.4 Å². The second-order valence-electron chi connectivity index (χ2n) is 7.53. The Hall–Kier alpha value is -2.52. The number of rotatable bonds is 6. The minimum absolute atomic E-state index is 0.0626. The molecule has 4 rings (SSSR count). The standard InChI is InChI=1S/C22H23FN4O2S/c23-18-11-15(7-8-17(18)19-12-26-21(24)13-25-19)16-5-1-2-6-20(16)30(29)27-22(14-28)9-3-4-10-22/h1-2,5-8,11-13,27-28H,3-4,9-10,14H2,(H2,24,26). The monoisotopic (exact) mass is 426 g/mol. The van der Waals surface area contributed by atoms with Crippen molar-refractivity contribution in [1.82, 2.24) is 14.7 Å². The molecule has 0 bridgehead atoms. The number of nitrogens with one attached hydrogen (secondary N) is 1. The number of hydrogen-bond donors (Lipinski definition) is 3. The van der Waals surface area contributed by atoms with Crippen LogP contribution in [0.1, 0.15) is 25.7 Å². The molecule has 8 heteroatoms. The number of aliphatic hydroxyl groups excluding tert-OH is 1. The average Bonchev–Trinajstić information content (AvgIpc) is 3.23. The molecular weight excluding hydrogens is 403 g/mol. The smallest absolute Gasteiger partial charge is 0.181 e. The van der Waals surface area contributed by atoms with Gasteiger partial charge in [0.05, 0.1) is 41.6 Å². The summed E-state index contributed by atoms with van der Waals surface area (Å²) in [5.41, 5.74) is 7.00. The number of anilines is 1. The molecule has 1 saturated carbocycles. The van der Waals surface area contributed by atoms with Crippen LogP contribution < -0.4 is 10.5 Å². The van der Waals surface area contributed by atoms with E-state index in [0.29, 0.717) is 27.3 Å². The maximum atomic E-state index is 14.9. The third kappa shape index (κ3) is 4.17. The summed E-state index contributed by atoms with van der Waals surface area (Å²) < 4.78 is 31.1. The van der Waals surface area contributed by atoms with E-state index in [1.165, 1.54) is 18.5 Å². The molecule has 1 fully saturated rings. The number of hydrogen-bond acceptors (Lipinski definition) is 6. The van der Waals surface area contributed by atoms with Crippen LogP contribution in [0.4, 0.5) is 10.2 Å². The number of benzene rings is 2. The van der Waals surface area contributed by atoms with Gasteiger partial charge in [-0.05, 0) is 42.7 Å². The zero-order chi connectivity index (χ0) is 21.1. The van der Waals surface area contributed by atoms with E-state index >= 15 is 0 Å². The molecule has 0 spiro atoms. The van der Waals surface area contributed by atoms with E-state index in [1.54, 1.807) is 24.3 Å². The summed E-state index contributed by atoms with van der Waals surface area (Å²) in [6.07, 6.45) is 6.36. The SMILES string of the molecule is Nc1cnc(-c2ccc(-c3ccccc3[S+]([O-])NC3(CO)CCCC3)cc2F)cn1. The minimum atomic E-state index is -1.54. The summed E-state index contributed by atoms with van der Waals surface area (Å²) in [4.78, 5) is 8.63. The van der Waals surface area contributed by atoms with Crippen molar-refractivity contribution < 1.29 is 14.0 Å². The van der Waals surface area contributed by atoms with Crippen LogP contribution in [0.15, 0.2) is 59.8 Å². The molecule has 1 aliphatic rings. The van der Waals surface area contributed by atoms with E-state index in [4.69, 9.17) is 5.73 Å². The van der Waals surface area contributed by atoms with Gasteiger partial charge in [0.1, 0.15) is 11.6 Å². The lowest BCUT2D eigenvalue weighted by Crippen LogP contribution is -2.49. The fraction of sp³-hybridized carbons (Fsp3) is 0.273. The maximum Gasteiger partial charge on any atom is 0.181 e. The molecule has 1 aromatic heterocycles. The van der Waals surface area contributed by atoms with Gasteiger partial charge in [-0.25, -0.2) is 9.37 Å². The summed E-state index contributed by atoms with van der Waals surface area (Å²) in [5, 5.41) is 9.83. The quantitative estimate of drug-likeness (QED) is 0.521. The Morgan fingerprint density at radius 3 is 2.53 bits per heavy atom. The molecule has 1 unspecified atom stereocenters. The third-order valence-electron chi connectivity index (χ3n) is 5.49. The predicted octanol–water partition coefficient (Wildman–Crippen LogP) is 3.45. The number of nitrogen functional groups attached to an aromatic ring is 1. The van der Waals surface area contributed by atoms with Gasteiger partial charge in [0, 0.05) is 11.1 Å². The second-order valence-corrected chi connectivity index (χ2v) is 8.72. The van der Waals surface area contributed by atoms with Gasteiger partial charge in [-0.1, -0.05) is 31.0 Å². The van der Waals surface area contributed by atoms with Crippen LogP contribution >= 0.6 is 0 Å². The highest BCUT2D eigenvalue weighted by atomic mass is 32.2. The summed E-state index contributed by atoms with van der Waals surface area (Å²) in [7, 11) is 0. The molecule has 4 N–H and O–H groups in total. The number of aliphatic hydroxyl groups is 1. The van der Waals surface area contributed by atoms with Crippen LogP contribution in [0.2, 0.25) is 0 Å². The Bertz CT molecular complexity index is 1030. The van der Waals surface area contributed by atoms with Gasteiger partial charge in [0.15, 0.2) is 4.90 Å². The summed E-state index contributed by atoms with van der Waals surface area (Å²) in [6, 6.07) is 12.0. The number of halogens is 1. The van der Waals surface area contributed by atoms with Crippen molar-refractivity contribution in [1.29, 1.82) is 0 Å². The molecule has 6 nitrogen and oxygen atoms in total. The molecule has 1 heterocycles. The van der Waals surface area contributed by atoms with Gasteiger partial charge >= 0.3 is 0 Å². The van der Waals surface area contributed by atoms with Crippen LogP contribution in [0, 0.1) is 5.82 Å². The molecule has 2 aromatic carbocycles. The van der Waals surface area contributed by atoms with Crippen molar-refractivity contribution in [3.63, 3.8) is 0 Å². The normalized spacial score (nSPS) is 16.5. The van der Waals surface area contributed by atoms with Crippen LogP contribution in [-0.2, 0) is 11.4 Å². The lowest BCUT2D eigenvalue weighted by molar-refractivity contribution is 0.185. The van der Waals surface area contributed by atoms with E-state index in [2.05, 4.69) is 14.7 Å². The van der Waals surface area contributed by atoms with E-state index in [9.17, 15) is 14.0 Å². The Labute approximate surface area is 177 Å². The topological polar surface area (TPSA) is 107 Å². The van der Waals surface area contributed by atoms with Crippen LogP contribution in [0.3, 0.4) is 0 Å². The van der Waals surface area contributed by atoms with Crippen LogP contribution in [0.5, 0.6) is 0 Å². The third-order valence-corrected chi connectivity index (χ3v) is 6.86. The molecule has 0 saturated heterocycles. The number of nitrogens with two attached hydrogens (primary N) is 1. The van der Waals surface area contributed by atoms with Crippen molar-refractivity contribution in [2.45, 2.75) is 36.1 Å². The van der Waals surface area contributed by atoms with Crippen molar-refractivity contribution in [3.05, 3.63) is 60.7 Å². The molecule has 30 heavy (non-hydrogen) atoms. The van der Waals surface area contributed by atoms with E-state index in [1.807, 2.05) is 12.1 Å². The molecule has 0 amide bonds. The van der Waals surface area contributed by atoms with Crippen LogP contribution in [0.25, 0.3) is 22.4 Å². The molecular formula is C22H23FN4O2S. The Kier molecular flexibility index (Phi) is 6.01. The Morgan fingerprint density at radius 1 is 1.10 bits per heavy atom. The van der Waals surface area contributed by atoms with Gasteiger partial charge in [-0.15, -0.1) is 4.72 Å². The zero-order valence-corrected chi connectivity index (χ0v) is 17.2. The van der Waals surface area contributed by atoms with E-state index in [-0.39, 0.29) is 12.4 Å². The minimum Gasteiger partial charge on any atom is -0.593 e. The largest absolute Gasteiger partial charge is 0.593 e. The zero-order valence-electron chi connectivity index (χ0n) is 16.3. The number of nitrogens with zero attached hydrogens (tertiary/aromatic N) is 2. The van der Waals surface area contributed by atoms with Gasteiger partial charge in [-0.2, -0.15) is 0 Å². The highest BCUT2D eigenvalue weighted by molar-refractivity contribution is 7.89. The van der Waals surface area contributed by atoms with Gasteiger partial charge in [0.2, 0.25) is 0 Å². The first-order valence-corrected chi connectivity index (χ1v) is 10.9. The Morgan fingerprint density at radius 2 is 1.87 bits per heavy atom. The first-order valence-electron chi connectivity index (χ1n) is 9.79. The highest BCUT2D eigenvalue weighted by Gasteiger charge is 2.38. The summed E-state index contributed by atoms with van der Waals surface area (Å²) >= 11 is -1.54. The van der Waals surface area contributed by atoms with Gasteiger partial charge in [-0.3, -0.25) is 4.98 Å². The molecule has 0 aliphatic heterocycles. The second kappa shape index (κ2) is 8.69. The highest BCUT2D eigenvalue weighted by Crippen LogP contribution is 2.34. The van der Waals surface area contributed by atoms with E-state index in [0.717, 1.165) is 25.7 Å². The average molecular weight is 427 g/mol. The molecule has 1 aliphatic carbocycles. The first-order chi connectivity index (χ1) is 14.5. The van der Waals surface area contributed by atoms with E-state index < -0.39 is 22.7 Å². The fourth-order valence-corrected chi connectivity index (χ4v) is 5.19. The van der Waals surface area contributed by atoms with Crippen molar-refractivity contribution >= 4 is 17.2 Å². The lowest BCUT2D eigenvalue weighted by Gasteiger charge is -2.28. The van der Waals surface area contributed by atoms with Crippen molar-refractivity contribution in [2.75, 3.05) is 12.3 Å². The summed E-state index contributed by atoms with van der Waals surface area (Å²) in [6.45, 7) is -0.0626.